The molecule has 1 aromatic carbocycles. The monoisotopic (exact) mass is 470 g/mol. The van der Waals surface area contributed by atoms with Crippen LogP contribution in [0, 0.1) is 17.5 Å². The summed E-state index contributed by atoms with van der Waals surface area (Å²) >= 11 is 1.25. The summed E-state index contributed by atoms with van der Waals surface area (Å²) in [6.07, 6.45) is 2.72. The number of halogens is 3. The molecule has 0 radical (unpaired) electrons. The summed E-state index contributed by atoms with van der Waals surface area (Å²) in [4.78, 5) is 23.0. The van der Waals surface area contributed by atoms with E-state index in [9.17, 15) is 26.4 Å². The lowest BCUT2D eigenvalue weighted by Gasteiger charge is -2.31. The zero-order valence-electron chi connectivity index (χ0n) is 16.4. The minimum Gasteiger partial charge on any atom is -0.326 e. The molecule has 0 amide bonds. The number of amidine groups is 1. The highest BCUT2D eigenvalue weighted by atomic mass is 32.2. The maximum absolute atomic E-state index is 14.7. The lowest BCUT2D eigenvalue weighted by atomic mass is 9.91. The number of nitrogens with zero attached hydrogens (tertiary/aromatic N) is 3. The van der Waals surface area contributed by atoms with Crippen LogP contribution in [0.3, 0.4) is 0 Å². The SMILES string of the molecule is CC(=O)C1=C2C[C@H](NS(C)(=O)=O)CN2C(c2nccs2)=N[C@H]1c1ccc(F)c(F)c1F. The molecule has 1 N–H and O–H groups in total. The van der Waals surface area contributed by atoms with Gasteiger partial charge in [-0.25, -0.2) is 31.3 Å². The number of carbonyl (C=O) groups is 1. The number of aromatic nitrogens is 1. The Bertz CT molecular complexity index is 1230. The second-order valence-corrected chi connectivity index (χ2v) is 9.95. The number of Topliss-reactive ketones (excluding diaryl/α,β-unsaturated/α-hetero) is 1. The predicted molar refractivity (Wildman–Crippen MR) is 109 cm³/mol. The third kappa shape index (κ3) is 4.02. The molecule has 0 spiro atoms. The number of ketones is 1. The van der Waals surface area contributed by atoms with E-state index in [4.69, 9.17) is 0 Å². The topological polar surface area (TPSA) is 91.7 Å². The van der Waals surface area contributed by atoms with Gasteiger partial charge in [0.25, 0.3) is 0 Å². The number of aliphatic imine (C=N–C) groups is 1. The van der Waals surface area contributed by atoms with Crippen molar-refractivity contribution in [2.75, 3.05) is 12.8 Å². The van der Waals surface area contributed by atoms with E-state index in [0.717, 1.165) is 18.4 Å². The first kappa shape index (κ1) is 21.7. The lowest BCUT2D eigenvalue weighted by molar-refractivity contribution is -0.114. The van der Waals surface area contributed by atoms with E-state index in [1.165, 1.54) is 18.3 Å². The Hall–Kier alpha value is -2.57. The van der Waals surface area contributed by atoms with Crippen molar-refractivity contribution in [2.24, 2.45) is 4.99 Å². The van der Waals surface area contributed by atoms with Crippen molar-refractivity contribution < 1.29 is 26.4 Å². The average Bonchev–Trinajstić information content (AvgIpc) is 3.33. The van der Waals surface area contributed by atoms with Gasteiger partial charge in [-0.3, -0.25) is 9.79 Å². The fraction of sp³-hybridized carbons (Fsp3) is 0.316. The van der Waals surface area contributed by atoms with Gasteiger partial charge in [-0.05, 0) is 13.0 Å². The molecule has 2 aromatic rings. The van der Waals surface area contributed by atoms with Gasteiger partial charge in [0.15, 0.2) is 34.1 Å². The van der Waals surface area contributed by atoms with Crippen molar-refractivity contribution in [1.29, 1.82) is 0 Å². The Morgan fingerprint density at radius 2 is 2.00 bits per heavy atom. The molecule has 4 rings (SSSR count). The molecule has 1 saturated heterocycles. The van der Waals surface area contributed by atoms with Gasteiger partial charge >= 0.3 is 0 Å². The number of rotatable bonds is 5. The summed E-state index contributed by atoms with van der Waals surface area (Å²) in [6, 6.07) is 0.0544. The molecule has 1 fully saturated rings. The normalized spacial score (nSPS) is 21.3. The molecule has 2 aliphatic heterocycles. The van der Waals surface area contributed by atoms with Crippen LogP contribution in [-0.2, 0) is 14.8 Å². The van der Waals surface area contributed by atoms with Crippen LogP contribution in [0.1, 0.15) is 30.0 Å². The smallest absolute Gasteiger partial charge is 0.209 e. The average molecular weight is 470 g/mol. The van der Waals surface area contributed by atoms with Gasteiger partial charge in [0.1, 0.15) is 6.04 Å². The van der Waals surface area contributed by atoms with Gasteiger partial charge in [0.2, 0.25) is 10.0 Å². The lowest BCUT2D eigenvalue weighted by Crippen LogP contribution is -2.39. The van der Waals surface area contributed by atoms with Crippen LogP contribution in [0.4, 0.5) is 13.2 Å². The fourth-order valence-corrected chi connectivity index (χ4v) is 5.29. The summed E-state index contributed by atoms with van der Waals surface area (Å²) < 4.78 is 68.1. The largest absolute Gasteiger partial charge is 0.326 e. The molecule has 31 heavy (non-hydrogen) atoms. The Kier molecular flexibility index (Phi) is 5.48. The molecule has 0 saturated carbocycles. The molecule has 0 bridgehead atoms. The molecular formula is C19H17F3N4O3S2. The fourth-order valence-electron chi connectivity index (χ4n) is 3.88. The standard InChI is InChI=1S/C19H17F3N4O3S2/c1-9(27)14-13-7-10(25-31(2,28)29)8-26(13)18(19-23-5-6-30-19)24-17(14)11-3-4-12(20)16(22)15(11)21/h3-6,10,17,25H,7-8H2,1-2H3/t10-,17-/m0/s1. The minimum atomic E-state index is -3.53. The molecule has 12 heteroatoms. The molecule has 0 aliphatic carbocycles. The number of hydrogen-bond donors (Lipinski definition) is 1. The number of carbonyl (C=O) groups excluding carboxylic acids is 1. The van der Waals surface area contributed by atoms with Crippen LogP contribution >= 0.6 is 11.3 Å². The number of nitrogens with one attached hydrogen (secondary N) is 1. The van der Waals surface area contributed by atoms with Crippen molar-refractivity contribution >= 4 is 33.0 Å². The van der Waals surface area contributed by atoms with Crippen molar-refractivity contribution in [2.45, 2.75) is 25.4 Å². The third-order valence-corrected chi connectivity index (χ3v) is 6.53. The highest BCUT2D eigenvalue weighted by Gasteiger charge is 2.42. The van der Waals surface area contributed by atoms with E-state index < -0.39 is 45.3 Å². The van der Waals surface area contributed by atoms with Gasteiger partial charge in [0, 0.05) is 47.4 Å². The van der Waals surface area contributed by atoms with E-state index in [-0.39, 0.29) is 24.1 Å². The van der Waals surface area contributed by atoms with Crippen molar-refractivity contribution in [3.05, 3.63) is 63.0 Å². The highest BCUT2D eigenvalue weighted by Crippen LogP contribution is 2.41. The Morgan fingerprint density at radius 3 is 2.61 bits per heavy atom. The van der Waals surface area contributed by atoms with Gasteiger partial charge < -0.3 is 4.90 Å². The number of hydrogen-bond acceptors (Lipinski definition) is 7. The van der Waals surface area contributed by atoms with Gasteiger partial charge in [-0.1, -0.05) is 6.07 Å². The van der Waals surface area contributed by atoms with E-state index in [2.05, 4.69) is 14.7 Å². The van der Waals surface area contributed by atoms with Crippen LogP contribution in [0.15, 0.2) is 40.0 Å². The van der Waals surface area contributed by atoms with Crippen molar-refractivity contribution in [3.63, 3.8) is 0 Å². The molecular weight excluding hydrogens is 453 g/mol. The first-order valence-corrected chi connectivity index (χ1v) is 11.9. The van der Waals surface area contributed by atoms with Crippen molar-refractivity contribution in [3.8, 4) is 0 Å². The maximum atomic E-state index is 14.7. The maximum Gasteiger partial charge on any atom is 0.209 e. The number of fused-ring (bicyclic) bond motifs is 1. The molecule has 164 valence electrons. The summed E-state index contributed by atoms with van der Waals surface area (Å²) in [5.41, 5.74) is 0.260. The van der Waals surface area contributed by atoms with Crippen LogP contribution in [-0.4, -0.2) is 48.8 Å². The Labute approximate surface area is 180 Å². The van der Waals surface area contributed by atoms with E-state index in [0.29, 0.717) is 16.5 Å². The molecule has 7 nitrogen and oxygen atoms in total. The predicted octanol–water partition coefficient (Wildman–Crippen LogP) is 2.53. The van der Waals surface area contributed by atoms with E-state index in [1.807, 2.05) is 0 Å². The zero-order chi connectivity index (χ0) is 22.5. The van der Waals surface area contributed by atoms with Crippen LogP contribution < -0.4 is 4.72 Å². The quantitative estimate of drug-likeness (QED) is 0.678. The zero-order valence-corrected chi connectivity index (χ0v) is 18.0. The van der Waals surface area contributed by atoms with E-state index in [1.54, 1.807) is 16.5 Å². The van der Waals surface area contributed by atoms with Gasteiger partial charge in [0.05, 0.1) is 6.26 Å². The number of thiazole rings is 1. The van der Waals surface area contributed by atoms with Gasteiger partial charge in [-0.2, -0.15) is 0 Å². The molecule has 1 aromatic heterocycles. The van der Waals surface area contributed by atoms with Crippen LogP contribution in [0.2, 0.25) is 0 Å². The minimum absolute atomic E-state index is 0.100. The molecule has 3 heterocycles. The summed E-state index contributed by atoms with van der Waals surface area (Å²) in [5.74, 6) is -4.55. The summed E-state index contributed by atoms with van der Waals surface area (Å²) in [5, 5.41) is 2.17. The van der Waals surface area contributed by atoms with Crippen molar-refractivity contribution in [1.82, 2.24) is 14.6 Å². The highest BCUT2D eigenvalue weighted by molar-refractivity contribution is 7.88. The van der Waals surface area contributed by atoms with E-state index >= 15 is 0 Å². The first-order valence-electron chi connectivity index (χ1n) is 9.16. The Morgan fingerprint density at radius 1 is 1.26 bits per heavy atom. The first-order chi connectivity index (χ1) is 14.6. The number of benzene rings is 1. The molecule has 0 unspecified atom stereocenters. The summed E-state index contributed by atoms with van der Waals surface area (Å²) in [6.45, 7) is 1.46. The second kappa shape index (κ2) is 7.84. The van der Waals surface area contributed by atoms with Gasteiger partial charge in [-0.15, -0.1) is 11.3 Å². The molecule has 2 atom stereocenters. The van der Waals surface area contributed by atoms with Crippen LogP contribution in [0.25, 0.3) is 0 Å². The number of sulfonamides is 1. The molecule has 2 aliphatic rings. The summed E-state index contributed by atoms with van der Waals surface area (Å²) in [7, 11) is -3.53. The second-order valence-electron chi connectivity index (χ2n) is 7.28. The Balaban J connectivity index is 1.90. The van der Waals surface area contributed by atoms with Crippen LogP contribution in [0.5, 0.6) is 0 Å². The third-order valence-electron chi connectivity index (χ3n) is 5.00.